The molecule has 0 N–H and O–H groups in total. The number of anilines is 3. The third-order valence-electron chi connectivity index (χ3n) is 15.5. The van der Waals surface area contributed by atoms with E-state index in [1.54, 1.807) is 0 Å². The highest BCUT2D eigenvalue weighted by molar-refractivity contribution is 6.13. The number of benzene rings is 9. The lowest BCUT2D eigenvalue weighted by Gasteiger charge is -2.50. The molecule has 0 amide bonds. The summed E-state index contributed by atoms with van der Waals surface area (Å²) in [6, 6.07) is 79.7. The van der Waals surface area contributed by atoms with Crippen LogP contribution < -0.4 is 4.90 Å². The third-order valence-corrected chi connectivity index (χ3v) is 15.5. The Labute approximate surface area is 390 Å². The topological polar surface area (TPSA) is 13.1 Å². The lowest BCUT2D eigenvalue weighted by atomic mass is 9.53. The molecular weight excluding hydrogens is 811 g/mol. The Morgan fingerprint density at radius 1 is 0.448 bits per heavy atom. The minimum Gasteiger partial charge on any atom is -0.333 e. The van der Waals surface area contributed by atoms with Gasteiger partial charge >= 0.3 is 0 Å². The summed E-state index contributed by atoms with van der Waals surface area (Å²) in [6.07, 6.45) is 8.04. The van der Waals surface area contributed by atoms with Crippen LogP contribution in [-0.4, -0.2) is 9.13 Å². The molecule has 1 aliphatic heterocycles. The molecule has 67 heavy (non-hydrogen) atoms. The maximum absolute atomic E-state index is 2.57. The Hall–Kier alpha value is -8.14. The van der Waals surface area contributed by atoms with Crippen molar-refractivity contribution in [2.24, 2.45) is 0 Å². The first-order valence-corrected chi connectivity index (χ1v) is 23.7. The minimum absolute atomic E-state index is 0.178. The van der Waals surface area contributed by atoms with Gasteiger partial charge in [0.15, 0.2) is 0 Å². The Kier molecular flexibility index (Phi) is 8.08. The van der Waals surface area contributed by atoms with Crippen LogP contribution >= 0.6 is 0 Å². The second-order valence-electron chi connectivity index (χ2n) is 19.2. The maximum Gasteiger partial charge on any atom is 0.0748 e. The number of allylic oxidation sites excluding steroid dienone is 4. The fraction of sp³-hybridized carbons (Fsp3) is 0.0938. The molecule has 2 aromatic heterocycles. The standard InChI is InChI=1S/C64H47N3/c1-63(2)52-25-11-12-26-53(52)64(55-27-13-16-31-60(55)67-59-30-15-10-23-49(59)51-24-17-28-56(64)62(51)67)54-39-37-46(40-57(54)63)65(44-20-7-4-8-21-44)47-36-38-50-48-22-9-14-29-58(48)66(61(50)41-47)45-34-32-43(33-35-45)42-18-5-3-6-19-42/h3-34,36-41,45H,35H2,1-2H3. The lowest BCUT2D eigenvalue weighted by molar-refractivity contribution is 0.556. The molecule has 0 saturated heterocycles. The first-order chi connectivity index (χ1) is 33.0. The molecule has 0 radical (unpaired) electrons. The molecule has 0 fully saturated rings. The van der Waals surface area contributed by atoms with Gasteiger partial charge in [0.1, 0.15) is 0 Å². The summed E-state index contributed by atoms with van der Waals surface area (Å²) < 4.78 is 5.11. The molecule has 9 aromatic carbocycles. The van der Waals surface area contributed by atoms with Gasteiger partial charge in [-0.1, -0.05) is 190 Å². The molecule has 0 saturated carbocycles. The summed E-state index contributed by atoms with van der Waals surface area (Å²) in [5.74, 6) is 0. The van der Waals surface area contributed by atoms with Crippen molar-refractivity contribution in [3.05, 3.63) is 269 Å². The van der Waals surface area contributed by atoms with Crippen LogP contribution in [0.25, 0.3) is 54.9 Å². The van der Waals surface area contributed by atoms with Crippen LogP contribution in [0.15, 0.2) is 231 Å². The van der Waals surface area contributed by atoms with E-state index in [-0.39, 0.29) is 11.5 Å². The largest absolute Gasteiger partial charge is 0.333 e. The fourth-order valence-corrected chi connectivity index (χ4v) is 12.6. The summed E-state index contributed by atoms with van der Waals surface area (Å²) in [4.78, 5) is 2.47. The highest BCUT2D eigenvalue weighted by Crippen LogP contribution is 2.61. The molecule has 3 aliphatic rings. The zero-order valence-corrected chi connectivity index (χ0v) is 37.6. The Morgan fingerprint density at radius 3 is 1.84 bits per heavy atom. The van der Waals surface area contributed by atoms with Gasteiger partial charge in [-0.15, -0.1) is 0 Å². The van der Waals surface area contributed by atoms with Crippen LogP contribution in [-0.2, 0) is 10.8 Å². The molecule has 3 heteroatoms. The molecule has 11 aromatic rings. The van der Waals surface area contributed by atoms with Crippen molar-refractivity contribution in [3.63, 3.8) is 0 Å². The van der Waals surface area contributed by atoms with Crippen LogP contribution in [0.2, 0.25) is 0 Å². The van der Waals surface area contributed by atoms with Gasteiger partial charge in [-0.2, -0.15) is 0 Å². The predicted molar refractivity (Wildman–Crippen MR) is 280 cm³/mol. The highest BCUT2D eigenvalue weighted by Gasteiger charge is 2.52. The van der Waals surface area contributed by atoms with E-state index in [1.807, 2.05) is 0 Å². The van der Waals surface area contributed by atoms with Crippen LogP contribution in [0, 0.1) is 0 Å². The number of hydrogen-bond donors (Lipinski definition) is 0. The van der Waals surface area contributed by atoms with Crippen molar-refractivity contribution in [1.82, 2.24) is 9.13 Å². The SMILES string of the molecule is CC1(C)c2ccccc2C2(c3ccccc3-n3c4ccccc4c4cccc2c43)c2ccc(N(c3ccccc3)c3ccc4c5ccccc5n(C5C=CC(c6ccccc6)=CC5)c4c3)cc21. The third kappa shape index (κ3) is 5.23. The van der Waals surface area contributed by atoms with Gasteiger partial charge in [0.05, 0.1) is 33.7 Å². The van der Waals surface area contributed by atoms with Crippen LogP contribution in [0.5, 0.6) is 0 Å². The number of nitrogens with zero attached hydrogens (tertiary/aromatic N) is 3. The smallest absolute Gasteiger partial charge is 0.0748 e. The van der Waals surface area contributed by atoms with E-state index < -0.39 is 5.41 Å². The van der Waals surface area contributed by atoms with Crippen LogP contribution in [0.1, 0.15) is 65.3 Å². The summed E-state index contributed by atoms with van der Waals surface area (Å²) >= 11 is 0. The van der Waals surface area contributed by atoms with Crippen molar-refractivity contribution in [3.8, 4) is 5.69 Å². The number of rotatable bonds is 5. The Balaban J connectivity index is 0.997. The zero-order valence-electron chi connectivity index (χ0n) is 37.6. The first kappa shape index (κ1) is 38.2. The van der Waals surface area contributed by atoms with Crippen molar-refractivity contribution < 1.29 is 0 Å². The number of hydrogen-bond acceptors (Lipinski definition) is 1. The second-order valence-corrected chi connectivity index (χ2v) is 19.2. The molecule has 14 rings (SSSR count). The number of fused-ring (bicyclic) bond motifs is 14. The summed E-state index contributed by atoms with van der Waals surface area (Å²) in [7, 11) is 0. The van der Waals surface area contributed by atoms with Gasteiger partial charge in [0.25, 0.3) is 0 Å². The molecule has 318 valence electrons. The molecule has 3 nitrogen and oxygen atoms in total. The predicted octanol–water partition coefficient (Wildman–Crippen LogP) is 16.3. The Morgan fingerprint density at radius 2 is 1.04 bits per heavy atom. The fourth-order valence-electron chi connectivity index (χ4n) is 12.6. The van der Waals surface area contributed by atoms with Crippen LogP contribution in [0.4, 0.5) is 17.1 Å². The normalized spacial score (nSPS) is 17.7. The second kappa shape index (κ2) is 14.2. The van der Waals surface area contributed by atoms with E-state index in [1.165, 1.54) is 93.8 Å². The maximum atomic E-state index is 2.57. The van der Waals surface area contributed by atoms with E-state index in [0.29, 0.717) is 0 Å². The minimum atomic E-state index is -0.555. The van der Waals surface area contributed by atoms with Crippen molar-refractivity contribution in [2.75, 3.05) is 4.90 Å². The lowest BCUT2D eigenvalue weighted by Crippen LogP contribution is -2.44. The average molecular weight is 858 g/mol. The highest BCUT2D eigenvalue weighted by atomic mass is 15.1. The number of aromatic nitrogens is 2. The molecule has 2 unspecified atom stereocenters. The van der Waals surface area contributed by atoms with Crippen molar-refractivity contribution in [2.45, 2.75) is 37.1 Å². The molecule has 2 aliphatic carbocycles. The van der Waals surface area contributed by atoms with Gasteiger partial charge in [-0.05, 0) is 106 Å². The van der Waals surface area contributed by atoms with Gasteiger partial charge in [0, 0.05) is 49.5 Å². The van der Waals surface area contributed by atoms with Crippen molar-refractivity contribution >= 4 is 66.2 Å². The van der Waals surface area contributed by atoms with E-state index in [4.69, 9.17) is 0 Å². The van der Waals surface area contributed by atoms with Crippen LogP contribution in [0.3, 0.4) is 0 Å². The van der Waals surface area contributed by atoms with E-state index in [9.17, 15) is 0 Å². The molecule has 2 atom stereocenters. The number of para-hydroxylation sites is 5. The summed E-state index contributed by atoms with van der Waals surface area (Å²) in [5, 5.41) is 5.13. The Bertz CT molecular complexity index is 3880. The van der Waals surface area contributed by atoms with Gasteiger partial charge in [0.2, 0.25) is 0 Å². The first-order valence-electron chi connectivity index (χ1n) is 23.7. The monoisotopic (exact) mass is 857 g/mol. The van der Waals surface area contributed by atoms with E-state index >= 15 is 0 Å². The molecule has 0 bridgehead atoms. The average Bonchev–Trinajstić information content (AvgIpc) is 3.91. The molecule has 3 heterocycles. The van der Waals surface area contributed by atoms with E-state index in [0.717, 1.165) is 23.5 Å². The summed E-state index contributed by atoms with van der Waals surface area (Å²) in [5.41, 5.74) is 19.4. The molecule has 1 spiro atoms. The van der Waals surface area contributed by atoms with Gasteiger partial charge in [-0.3, -0.25) is 0 Å². The van der Waals surface area contributed by atoms with Gasteiger partial charge in [-0.25, -0.2) is 0 Å². The van der Waals surface area contributed by atoms with Gasteiger partial charge < -0.3 is 14.0 Å². The quantitative estimate of drug-likeness (QED) is 0.168. The van der Waals surface area contributed by atoms with E-state index in [2.05, 4.69) is 258 Å². The zero-order chi connectivity index (χ0) is 44.4. The van der Waals surface area contributed by atoms with Crippen molar-refractivity contribution in [1.29, 1.82) is 0 Å². The molecular formula is C64H47N3. The summed E-state index contributed by atoms with van der Waals surface area (Å²) in [6.45, 7) is 4.86.